The number of hydrogen-bond donors (Lipinski definition) is 1. The van der Waals surface area contributed by atoms with Crippen LogP contribution in [0.15, 0.2) is 29.1 Å². The summed E-state index contributed by atoms with van der Waals surface area (Å²) in [6.07, 6.45) is 1.08. The van der Waals surface area contributed by atoms with Crippen molar-refractivity contribution in [1.29, 1.82) is 0 Å². The van der Waals surface area contributed by atoms with Crippen molar-refractivity contribution in [2.24, 2.45) is 0 Å². The third-order valence-electron chi connectivity index (χ3n) is 5.56. The molecule has 1 aliphatic heterocycles. The van der Waals surface area contributed by atoms with Crippen LogP contribution in [-0.2, 0) is 6.54 Å². The molecule has 0 saturated carbocycles. The van der Waals surface area contributed by atoms with Crippen molar-refractivity contribution >= 4 is 5.65 Å². The van der Waals surface area contributed by atoms with Gasteiger partial charge in [-0.2, -0.15) is 0 Å². The summed E-state index contributed by atoms with van der Waals surface area (Å²) in [7, 11) is 1.72. The molecule has 1 aliphatic rings. The van der Waals surface area contributed by atoms with Gasteiger partial charge in [0.25, 0.3) is 5.56 Å². The molecule has 3 heterocycles. The van der Waals surface area contributed by atoms with Gasteiger partial charge in [0.2, 0.25) is 0 Å². The van der Waals surface area contributed by atoms with Gasteiger partial charge in [-0.3, -0.25) is 14.8 Å². The summed E-state index contributed by atoms with van der Waals surface area (Å²) in [6, 6.07) is 7.93. The van der Waals surface area contributed by atoms with E-state index in [2.05, 4.69) is 41.0 Å². The van der Waals surface area contributed by atoms with E-state index in [4.69, 9.17) is 4.74 Å². The van der Waals surface area contributed by atoms with E-state index in [1.165, 1.54) is 16.7 Å². The average molecular weight is 366 g/mol. The number of H-pyrrole nitrogens is 1. The smallest absolute Gasteiger partial charge is 0.272 e. The highest BCUT2D eigenvalue weighted by atomic mass is 16.5. The van der Waals surface area contributed by atoms with Gasteiger partial charge in [-0.25, -0.2) is 9.50 Å². The number of hydrogen-bond acceptors (Lipinski definition) is 4. The number of ether oxygens (including phenoxy) is 1. The minimum absolute atomic E-state index is 0.0528. The summed E-state index contributed by atoms with van der Waals surface area (Å²) in [6.45, 7) is 9.04. The molecule has 6 nitrogen and oxygen atoms in total. The Labute approximate surface area is 158 Å². The van der Waals surface area contributed by atoms with Crippen molar-refractivity contribution in [2.75, 3.05) is 20.2 Å². The highest BCUT2D eigenvalue weighted by molar-refractivity contribution is 5.42. The molecule has 4 rings (SSSR count). The molecular weight excluding hydrogens is 340 g/mol. The van der Waals surface area contributed by atoms with Crippen LogP contribution in [0.4, 0.5) is 0 Å². The van der Waals surface area contributed by atoms with Crippen molar-refractivity contribution in [2.45, 2.75) is 39.7 Å². The highest BCUT2D eigenvalue weighted by Crippen LogP contribution is 2.29. The first kappa shape index (κ1) is 17.8. The maximum absolute atomic E-state index is 12.1. The van der Waals surface area contributed by atoms with E-state index in [1.54, 1.807) is 17.7 Å². The Kier molecular flexibility index (Phi) is 4.52. The van der Waals surface area contributed by atoms with Crippen LogP contribution in [0, 0.1) is 20.8 Å². The first-order valence-electron chi connectivity index (χ1n) is 9.40. The van der Waals surface area contributed by atoms with Crippen LogP contribution in [0.25, 0.3) is 5.65 Å². The fraction of sp³-hybridized carbons (Fsp3) is 0.429. The predicted molar refractivity (Wildman–Crippen MR) is 106 cm³/mol. The molecule has 0 amide bonds. The Bertz CT molecular complexity index is 1050. The van der Waals surface area contributed by atoms with Crippen molar-refractivity contribution in [3.63, 3.8) is 0 Å². The number of likely N-dealkylation sites (tertiary alicyclic amines) is 1. The van der Waals surface area contributed by atoms with Gasteiger partial charge in [-0.15, -0.1) is 0 Å². The Hall–Kier alpha value is -2.60. The molecule has 3 aromatic rings. The lowest BCUT2D eigenvalue weighted by Crippen LogP contribution is -2.20. The monoisotopic (exact) mass is 366 g/mol. The van der Waals surface area contributed by atoms with Crippen LogP contribution < -0.4 is 10.3 Å². The second-order valence-corrected chi connectivity index (χ2v) is 7.61. The van der Waals surface area contributed by atoms with Gasteiger partial charge in [0, 0.05) is 42.5 Å². The number of rotatable bonds is 4. The Morgan fingerprint density at radius 2 is 2.00 bits per heavy atom. The molecule has 1 N–H and O–H groups in total. The van der Waals surface area contributed by atoms with Gasteiger partial charge >= 0.3 is 0 Å². The van der Waals surface area contributed by atoms with E-state index in [9.17, 15) is 4.79 Å². The van der Waals surface area contributed by atoms with E-state index < -0.39 is 0 Å². The average Bonchev–Trinajstić information content (AvgIpc) is 3.24. The fourth-order valence-electron chi connectivity index (χ4n) is 4.05. The second kappa shape index (κ2) is 6.85. The maximum atomic E-state index is 12.1. The number of nitrogens with zero attached hydrogens (tertiary/aromatic N) is 3. The van der Waals surface area contributed by atoms with Gasteiger partial charge in [0.15, 0.2) is 5.65 Å². The zero-order valence-corrected chi connectivity index (χ0v) is 16.4. The summed E-state index contributed by atoms with van der Waals surface area (Å²) in [5, 5.41) is 3.25. The number of fused-ring (bicyclic) bond motifs is 1. The molecule has 1 saturated heterocycles. The standard InChI is InChI=1S/C21H26N4O2/c1-13-8-19(27-4)14(2)7-17(13)12-24-6-5-16(11-24)18-10-20-22-15(3)9-21(26)25(20)23-18/h7-10,16,23H,5-6,11-12H2,1-4H3. The van der Waals surface area contributed by atoms with E-state index in [1.807, 2.05) is 13.0 Å². The van der Waals surface area contributed by atoms with Crippen LogP contribution in [0.3, 0.4) is 0 Å². The normalized spacial score (nSPS) is 17.7. The molecule has 1 fully saturated rings. The maximum Gasteiger partial charge on any atom is 0.272 e. The molecule has 0 spiro atoms. The van der Waals surface area contributed by atoms with Crippen LogP contribution in [0.2, 0.25) is 0 Å². The number of benzene rings is 1. The van der Waals surface area contributed by atoms with Gasteiger partial charge in [0.05, 0.1) is 7.11 Å². The van der Waals surface area contributed by atoms with E-state index in [0.29, 0.717) is 11.6 Å². The minimum Gasteiger partial charge on any atom is -0.496 e. The predicted octanol–water partition coefficient (Wildman–Crippen LogP) is 2.95. The van der Waals surface area contributed by atoms with Crippen molar-refractivity contribution in [1.82, 2.24) is 19.5 Å². The SMILES string of the molecule is COc1cc(C)c(CN2CCC(c3cc4nc(C)cc(=O)n4[nH]3)C2)cc1C. The van der Waals surface area contributed by atoms with E-state index in [-0.39, 0.29) is 5.56 Å². The summed E-state index contributed by atoms with van der Waals surface area (Å²) < 4.78 is 6.96. The Balaban J connectivity index is 1.52. The molecule has 0 radical (unpaired) electrons. The molecule has 1 unspecified atom stereocenters. The zero-order valence-electron chi connectivity index (χ0n) is 16.4. The van der Waals surface area contributed by atoms with Gasteiger partial charge in [0.1, 0.15) is 5.75 Å². The molecule has 0 aliphatic carbocycles. The summed E-state index contributed by atoms with van der Waals surface area (Å²) >= 11 is 0. The first-order chi connectivity index (χ1) is 12.9. The largest absolute Gasteiger partial charge is 0.496 e. The summed E-state index contributed by atoms with van der Waals surface area (Å²) in [4.78, 5) is 19.1. The van der Waals surface area contributed by atoms with Crippen molar-refractivity contribution in [3.8, 4) is 5.75 Å². The lowest BCUT2D eigenvalue weighted by Gasteiger charge is -2.18. The van der Waals surface area contributed by atoms with Crippen molar-refractivity contribution < 1.29 is 4.74 Å². The van der Waals surface area contributed by atoms with Crippen LogP contribution in [0.5, 0.6) is 5.75 Å². The molecule has 6 heteroatoms. The Morgan fingerprint density at radius 3 is 2.78 bits per heavy atom. The Morgan fingerprint density at radius 1 is 1.19 bits per heavy atom. The van der Waals surface area contributed by atoms with Gasteiger partial charge in [-0.05, 0) is 56.5 Å². The van der Waals surface area contributed by atoms with Gasteiger partial charge in [-0.1, -0.05) is 6.07 Å². The topological polar surface area (TPSA) is 62.6 Å². The lowest BCUT2D eigenvalue weighted by atomic mass is 10.0. The third kappa shape index (κ3) is 3.37. The molecule has 1 aromatic carbocycles. The summed E-state index contributed by atoms with van der Waals surface area (Å²) in [5.74, 6) is 1.34. The number of aromatic nitrogens is 3. The fourth-order valence-corrected chi connectivity index (χ4v) is 4.05. The zero-order chi connectivity index (χ0) is 19.1. The quantitative estimate of drug-likeness (QED) is 0.771. The molecular formula is C21H26N4O2. The second-order valence-electron chi connectivity index (χ2n) is 7.61. The highest BCUT2D eigenvalue weighted by Gasteiger charge is 2.26. The van der Waals surface area contributed by atoms with Crippen LogP contribution in [-0.4, -0.2) is 39.7 Å². The molecule has 27 heavy (non-hydrogen) atoms. The molecule has 142 valence electrons. The van der Waals surface area contributed by atoms with E-state index >= 15 is 0 Å². The molecule has 2 aromatic heterocycles. The molecule has 0 bridgehead atoms. The van der Waals surface area contributed by atoms with Crippen molar-refractivity contribution in [3.05, 3.63) is 62.7 Å². The van der Waals surface area contributed by atoms with Gasteiger partial charge < -0.3 is 4.74 Å². The van der Waals surface area contributed by atoms with Crippen LogP contribution in [0.1, 0.15) is 40.4 Å². The molecule has 1 atom stereocenters. The number of nitrogens with one attached hydrogen (secondary N) is 1. The lowest BCUT2D eigenvalue weighted by molar-refractivity contribution is 0.325. The van der Waals surface area contributed by atoms with Crippen LogP contribution >= 0.6 is 0 Å². The number of aromatic amines is 1. The minimum atomic E-state index is -0.0528. The third-order valence-corrected chi connectivity index (χ3v) is 5.56. The first-order valence-corrected chi connectivity index (χ1v) is 9.40. The van der Waals surface area contributed by atoms with E-state index in [0.717, 1.165) is 43.2 Å². The number of aryl methyl sites for hydroxylation is 3. The number of methoxy groups -OCH3 is 1. The summed E-state index contributed by atoms with van der Waals surface area (Å²) in [5.41, 5.74) is 6.28.